The number of fused-ring (bicyclic) bond motifs is 2. The van der Waals surface area contributed by atoms with Crippen LogP contribution in [0.15, 0.2) is 52.3 Å². The van der Waals surface area contributed by atoms with Gasteiger partial charge in [-0.1, -0.05) is 41.6 Å². The topological polar surface area (TPSA) is 12.0 Å². The van der Waals surface area contributed by atoms with Gasteiger partial charge in [0.25, 0.3) is 0 Å². The summed E-state index contributed by atoms with van der Waals surface area (Å²) in [5, 5.41) is 4.13. The molecule has 3 rings (SSSR count). The monoisotopic (exact) mass is 269 g/mol. The van der Waals surface area contributed by atoms with Crippen LogP contribution in [0, 0.1) is 0 Å². The summed E-state index contributed by atoms with van der Waals surface area (Å²) >= 11 is 7.88. The van der Waals surface area contributed by atoms with Gasteiger partial charge in [0.15, 0.2) is 0 Å². The average molecular weight is 270 g/mol. The molecule has 0 amide bonds. The first-order chi connectivity index (χ1) is 7.34. The van der Waals surface area contributed by atoms with Crippen LogP contribution in [0.25, 0.3) is 0 Å². The highest BCUT2D eigenvalue weighted by molar-refractivity contribution is 7.99. The molecule has 0 aliphatic carbocycles. The molecule has 2 aromatic carbocycles. The normalized spacial score (nSPS) is 11.8. The van der Waals surface area contributed by atoms with Crippen molar-refractivity contribution < 1.29 is 0 Å². The van der Waals surface area contributed by atoms with Gasteiger partial charge in [-0.2, -0.15) is 0 Å². The number of hydrogen-bond donors (Lipinski definition) is 1. The first kappa shape index (κ1) is 11.6. The summed E-state index contributed by atoms with van der Waals surface area (Å²) in [7, 11) is 0. The summed E-state index contributed by atoms with van der Waals surface area (Å²) in [5.41, 5.74) is 2.14. The SMILES string of the molecule is Cl.Clc1cccc2c1Nc1ccccc1S2. The van der Waals surface area contributed by atoms with Gasteiger partial charge in [-0.15, -0.1) is 12.4 Å². The fourth-order valence-corrected chi connectivity index (χ4v) is 2.92. The third kappa shape index (κ3) is 1.88. The molecule has 82 valence electrons. The first-order valence-corrected chi connectivity index (χ1v) is 5.86. The smallest absolute Gasteiger partial charge is 0.0715 e. The van der Waals surface area contributed by atoms with Gasteiger partial charge in [-0.05, 0) is 24.3 Å². The van der Waals surface area contributed by atoms with E-state index in [-0.39, 0.29) is 12.4 Å². The lowest BCUT2D eigenvalue weighted by Gasteiger charge is -2.21. The van der Waals surface area contributed by atoms with Crippen LogP contribution in [0.4, 0.5) is 11.4 Å². The molecule has 0 bridgehead atoms. The molecule has 1 N–H and O–H groups in total. The lowest BCUT2D eigenvalue weighted by Crippen LogP contribution is -1.99. The molecular formula is C12H9Cl2NS. The van der Waals surface area contributed by atoms with Gasteiger partial charge in [-0.25, -0.2) is 0 Å². The Kier molecular flexibility index (Phi) is 3.33. The van der Waals surface area contributed by atoms with E-state index in [4.69, 9.17) is 11.6 Å². The number of para-hydroxylation sites is 2. The maximum Gasteiger partial charge on any atom is 0.0715 e. The summed E-state index contributed by atoms with van der Waals surface area (Å²) in [4.78, 5) is 2.42. The van der Waals surface area contributed by atoms with Crippen molar-refractivity contribution in [2.75, 3.05) is 5.32 Å². The Morgan fingerprint density at radius 2 is 1.69 bits per heavy atom. The average Bonchev–Trinajstić information content (AvgIpc) is 2.27. The molecule has 0 spiro atoms. The van der Waals surface area contributed by atoms with Gasteiger partial charge in [0.2, 0.25) is 0 Å². The van der Waals surface area contributed by atoms with Crippen LogP contribution in [-0.4, -0.2) is 0 Å². The molecule has 0 saturated heterocycles. The summed E-state index contributed by atoms with van der Waals surface area (Å²) in [6.45, 7) is 0. The van der Waals surface area contributed by atoms with E-state index in [9.17, 15) is 0 Å². The fourth-order valence-electron chi connectivity index (χ4n) is 1.62. The lowest BCUT2D eigenvalue weighted by atomic mass is 10.2. The maximum absolute atomic E-state index is 6.13. The fraction of sp³-hybridized carbons (Fsp3) is 0. The third-order valence-electron chi connectivity index (χ3n) is 2.34. The molecule has 0 unspecified atom stereocenters. The van der Waals surface area contributed by atoms with Crippen molar-refractivity contribution in [3.8, 4) is 0 Å². The van der Waals surface area contributed by atoms with Crippen LogP contribution in [0.2, 0.25) is 5.02 Å². The van der Waals surface area contributed by atoms with Crippen molar-refractivity contribution in [1.82, 2.24) is 0 Å². The molecule has 0 atom stereocenters. The standard InChI is InChI=1S/C12H8ClNS.ClH/c13-8-4-3-7-11-12(8)14-9-5-1-2-6-10(9)15-11;/h1-7,14H;1H. The van der Waals surface area contributed by atoms with Gasteiger partial charge in [-0.3, -0.25) is 0 Å². The number of halogens is 2. The van der Waals surface area contributed by atoms with E-state index in [0.29, 0.717) is 0 Å². The van der Waals surface area contributed by atoms with Crippen LogP contribution in [0.5, 0.6) is 0 Å². The number of benzene rings is 2. The first-order valence-electron chi connectivity index (χ1n) is 4.67. The van der Waals surface area contributed by atoms with Crippen LogP contribution in [0.1, 0.15) is 0 Å². The van der Waals surface area contributed by atoms with E-state index < -0.39 is 0 Å². The molecule has 1 aliphatic rings. The zero-order valence-electron chi connectivity index (χ0n) is 8.24. The van der Waals surface area contributed by atoms with E-state index in [2.05, 4.69) is 23.5 Å². The molecule has 1 nitrogen and oxygen atoms in total. The predicted molar refractivity (Wildman–Crippen MR) is 72.5 cm³/mol. The summed E-state index contributed by atoms with van der Waals surface area (Å²) in [6.07, 6.45) is 0. The maximum atomic E-state index is 6.13. The van der Waals surface area contributed by atoms with Crippen molar-refractivity contribution in [2.45, 2.75) is 9.79 Å². The number of hydrogen-bond acceptors (Lipinski definition) is 2. The minimum atomic E-state index is 0. The minimum absolute atomic E-state index is 0. The van der Waals surface area contributed by atoms with E-state index in [1.165, 1.54) is 9.79 Å². The van der Waals surface area contributed by atoms with Crippen molar-refractivity contribution in [3.05, 3.63) is 47.5 Å². The Hall–Kier alpha value is -0.830. The highest BCUT2D eigenvalue weighted by atomic mass is 35.5. The second-order valence-electron chi connectivity index (χ2n) is 3.34. The zero-order chi connectivity index (χ0) is 10.3. The third-order valence-corrected chi connectivity index (χ3v) is 3.79. The Morgan fingerprint density at radius 3 is 2.56 bits per heavy atom. The van der Waals surface area contributed by atoms with Gasteiger partial charge in [0, 0.05) is 9.79 Å². The Morgan fingerprint density at radius 1 is 0.938 bits per heavy atom. The molecular weight excluding hydrogens is 261 g/mol. The van der Waals surface area contributed by atoms with E-state index >= 15 is 0 Å². The van der Waals surface area contributed by atoms with Crippen molar-refractivity contribution >= 4 is 47.1 Å². The molecule has 1 aliphatic heterocycles. The molecule has 4 heteroatoms. The second-order valence-corrected chi connectivity index (χ2v) is 4.83. The van der Waals surface area contributed by atoms with E-state index in [0.717, 1.165) is 16.4 Å². The summed E-state index contributed by atoms with van der Waals surface area (Å²) in [5.74, 6) is 0. The van der Waals surface area contributed by atoms with Crippen molar-refractivity contribution in [1.29, 1.82) is 0 Å². The van der Waals surface area contributed by atoms with E-state index in [1.54, 1.807) is 11.8 Å². The van der Waals surface area contributed by atoms with Crippen LogP contribution in [-0.2, 0) is 0 Å². The number of nitrogens with one attached hydrogen (secondary N) is 1. The van der Waals surface area contributed by atoms with Gasteiger partial charge < -0.3 is 5.32 Å². The molecule has 0 saturated carbocycles. The van der Waals surface area contributed by atoms with Gasteiger partial charge >= 0.3 is 0 Å². The Labute approximate surface area is 110 Å². The molecule has 0 fully saturated rings. The van der Waals surface area contributed by atoms with Gasteiger partial charge in [0.05, 0.1) is 16.4 Å². The van der Waals surface area contributed by atoms with Crippen molar-refractivity contribution in [2.24, 2.45) is 0 Å². The Bertz CT molecular complexity index is 528. The van der Waals surface area contributed by atoms with Gasteiger partial charge in [0.1, 0.15) is 0 Å². The van der Waals surface area contributed by atoms with Crippen LogP contribution in [0.3, 0.4) is 0 Å². The summed E-state index contributed by atoms with van der Waals surface area (Å²) < 4.78 is 0. The molecule has 1 heterocycles. The number of rotatable bonds is 0. The summed E-state index contributed by atoms with van der Waals surface area (Å²) in [6, 6.07) is 14.2. The predicted octanol–water partition coefficient (Wildman–Crippen LogP) is 4.97. The quantitative estimate of drug-likeness (QED) is 0.619. The van der Waals surface area contributed by atoms with Crippen LogP contribution >= 0.6 is 35.8 Å². The molecule has 16 heavy (non-hydrogen) atoms. The number of anilines is 2. The Balaban J connectivity index is 0.000000963. The highest BCUT2D eigenvalue weighted by Gasteiger charge is 2.16. The van der Waals surface area contributed by atoms with Crippen LogP contribution < -0.4 is 5.32 Å². The minimum Gasteiger partial charge on any atom is -0.352 e. The second kappa shape index (κ2) is 4.58. The molecule has 2 aromatic rings. The lowest BCUT2D eigenvalue weighted by molar-refractivity contribution is 1.32. The molecule has 0 radical (unpaired) electrons. The largest absolute Gasteiger partial charge is 0.352 e. The zero-order valence-corrected chi connectivity index (χ0v) is 10.6. The van der Waals surface area contributed by atoms with E-state index in [1.807, 2.05) is 24.3 Å². The van der Waals surface area contributed by atoms with Crippen molar-refractivity contribution in [3.63, 3.8) is 0 Å². The molecule has 0 aromatic heterocycles. The highest BCUT2D eigenvalue weighted by Crippen LogP contribution is 2.46.